The molecule has 0 aliphatic carbocycles. The third kappa shape index (κ3) is 3.67. The number of aromatic hydroxyl groups is 1. The lowest BCUT2D eigenvalue weighted by molar-refractivity contribution is -0.130. The van der Waals surface area contributed by atoms with Crippen molar-refractivity contribution in [2.75, 3.05) is 31.1 Å². The highest BCUT2D eigenvalue weighted by atomic mass is 16.3. The minimum Gasteiger partial charge on any atom is -0.506 e. The molecular formula is C19H23N3O2. The van der Waals surface area contributed by atoms with Gasteiger partial charge in [0.05, 0.1) is 12.1 Å². The van der Waals surface area contributed by atoms with Crippen LogP contribution in [0.1, 0.15) is 18.2 Å². The molecule has 5 heteroatoms. The van der Waals surface area contributed by atoms with Crippen LogP contribution in [0.4, 0.5) is 5.69 Å². The number of phenols is 1. The number of hydrogen-bond acceptors (Lipinski definition) is 4. The molecule has 1 aliphatic rings. The summed E-state index contributed by atoms with van der Waals surface area (Å²) in [6, 6.07) is 11.3. The third-order valence-corrected chi connectivity index (χ3v) is 4.48. The van der Waals surface area contributed by atoms with Crippen LogP contribution in [-0.2, 0) is 17.6 Å². The molecule has 5 nitrogen and oxygen atoms in total. The fourth-order valence-corrected chi connectivity index (χ4v) is 2.96. The highest BCUT2D eigenvalue weighted by Crippen LogP contribution is 2.27. The number of anilines is 1. The first-order valence-corrected chi connectivity index (χ1v) is 8.42. The molecule has 0 unspecified atom stereocenters. The Morgan fingerprint density at radius 3 is 2.50 bits per heavy atom. The normalized spacial score (nSPS) is 14.7. The summed E-state index contributed by atoms with van der Waals surface area (Å²) in [6.45, 7) is 4.88. The zero-order valence-corrected chi connectivity index (χ0v) is 14.0. The van der Waals surface area contributed by atoms with Crippen LogP contribution in [0, 0.1) is 0 Å². The smallest absolute Gasteiger partial charge is 0.228 e. The molecule has 0 radical (unpaired) electrons. The Morgan fingerprint density at radius 2 is 1.88 bits per heavy atom. The molecule has 126 valence electrons. The Bertz CT molecular complexity index is 692. The molecule has 0 atom stereocenters. The number of carbonyl (C=O) groups excluding carboxylic acids is 1. The Kier molecular flexibility index (Phi) is 4.99. The molecule has 1 aromatic heterocycles. The van der Waals surface area contributed by atoms with Crippen LogP contribution >= 0.6 is 0 Å². The predicted molar refractivity (Wildman–Crippen MR) is 94.2 cm³/mol. The molecule has 2 aromatic rings. The summed E-state index contributed by atoms with van der Waals surface area (Å²) in [4.78, 5) is 20.8. The maximum Gasteiger partial charge on any atom is 0.228 e. The van der Waals surface area contributed by atoms with Crippen LogP contribution in [0.5, 0.6) is 5.75 Å². The number of aryl methyl sites for hydroxylation is 1. The Balaban J connectivity index is 1.56. The van der Waals surface area contributed by atoms with Gasteiger partial charge in [-0.15, -0.1) is 0 Å². The number of nitrogens with zero attached hydrogens (tertiary/aromatic N) is 3. The van der Waals surface area contributed by atoms with E-state index in [2.05, 4.69) is 16.8 Å². The van der Waals surface area contributed by atoms with Gasteiger partial charge in [-0.05, 0) is 30.2 Å². The molecule has 1 saturated heterocycles. The standard InChI is InChI=1S/C19H23N3O2/c1-2-15-7-8-16(20-14-15)13-19(24)22-11-9-21(10-12-22)17-5-3-4-6-18(17)23/h3-8,14,23H,2,9-13H2,1H3. The van der Waals surface area contributed by atoms with E-state index in [1.807, 2.05) is 41.4 Å². The lowest BCUT2D eigenvalue weighted by Gasteiger charge is -2.36. The van der Waals surface area contributed by atoms with Crippen molar-refractivity contribution in [1.82, 2.24) is 9.88 Å². The number of benzene rings is 1. The second-order valence-electron chi connectivity index (χ2n) is 6.04. The fourth-order valence-electron chi connectivity index (χ4n) is 2.96. The molecule has 3 rings (SSSR count). The van der Waals surface area contributed by atoms with Gasteiger partial charge in [0.25, 0.3) is 0 Å². The first-order valence-electron chi connectivity index (χ1n) is 8.42. The number of piperazine rings is 1. The van der Waals surface area contributed by atoms with Crippen LogP contribution in [0.3, 0.4) is 0 Å². The maximum absolute atomic E-state index is 12.5. The van der Waals surface area contributed by atoms with Crippen LogP contribution in [0.25, 0.3) is 0 Å². The minimum atomic E-state index is 0.115. The first-order chi connectivity index (χ1) is 11.7. The van der Waals surface area contributed by atoms with Gasteiger partial charge < -0.3 is 14.9 Å². The molecule has 0 saturated carbocycles. The van der Waals surface area contributed by atoms with Crippen LogP contribution < -0.4 is 4.90 Å². The van der Waals surface area contributed by atoms with E-state index in [1.165, 1.54) is 5.56 Å². The number of phenolic OH excluding ortho intramolecular Hbond substituents is 1. The monoisotopic (exact) mass is 325 g/mol. The number of para-hydroxylation sites is 2. The number of carbonyl (C=O) groups is 1. The van der Waals surface area contributed by atoms with Gasteiger partial charge in [0.1, 0.15) is 5.75 Å². The lowest BCUT2D eigenvalue weighted by Crippen LogP contribution is -2.49. The molecule has 1 fully saturated rings. The summed E-state index contributed by atoms with van der Waals surface area (Å²) >= 11 is 0. The number of aromatic nitrogens is 1. The van der Waals surface area contributed by atoms with Gasteiger partial charge in [0, 0.05) is 38.1 Å². The van der Waals surface area contributed by atoms with E-state index in [0.717, 1.165) is 30.9 Å². The summed E-state index contributed by atoms with van der Waals surface area (Å²) in [5.41, 5.74) is 2.84. The number of amides is 1. The van der Waals surface area contributed by atoms with E-state index in [4.69, 9.17) is 0 Å². The zero-order chi connectivity index (χ0) is 16.9. The van der Waals surface area contributed by atoms with Crippen molar-refractivity contribution >= 4 is 11.6 Å². The summed E-state index contributed by atoms with van der Waals surface area (Å²) < 4.78 is 0. The number of pyridine rings is 1. The van der Waals surface area contributed by atoms with Gasteiger partial charge >= 0.3 is 0 Å². The van der Waals surface area contributed by atoms with Gasteiger partial charge in [0.2, 0.25) is 5.91 Å². The third-order valence-electron chi connectivity index (χ3n) is 4.48. The minimum absolute atomic E-state index is 0.115. The van der Waals surface area contributed by atoms with E-state index in [1.54, 1.807) is 6.07 Å². The van der Waals surface area contributed by atoms with Crippen LogP contribution in [-0.4, -0.2) is 47.1 Å². The highest BCUT2D eigenvalue weighted by Gasteiger charge is 2.22. The van der Waals surface area contributed by atoms with Gasteiger partial charge in [-0.2, -0.15) is 0 Å². The molecule has 2 heterocycles. The number of hydrogen-bond donors (Lipinski definition) is 1. The number of rotatable bonds is 4. The summed E-state index contributed by atoms with van der Waals surface area (Å²) in [5.74, 6) is 0.404. The molecule has 1 aliphatic heterocycles. The second kappa shape index (κ2) is 7.34. The maximum atomic E-state index is 12.5. The first kappa shape index (κ1) is 16.3. The topological polar surface area (TPSA) is 56.7 Å². The van der Waals surface area contributed by atoms with Crippen molar-refractivity contribution in [3.05, 3.63) is 53.9 Å². The van der Waals surface area contributed by atoms with E-state index < -0.39 is 0 Å². The molecule has 24 heavy (non-hydrogen) atoms. The molecular weight excluding hydrogens is 302 g/mol. The molecule has 1 aromatic carbocycles. The van der Waals surface area contributed by atoms with E-state index in [0.29, 0.717) is 19.5 Å². The van der Waals surface area contributed by atoms with Crippen molar-refractivity contribution in [3.8, 4) is 5.75 Å². The van der Waals surface area contributed by atoms with Gasteiger partial charge in [-0.25, -0.2) is 0 Å². The van der Waals surface area contributed by atoms with Gasteiger partial charge in [-0.1, -0.05) is 25.1 Å². The zero-order valence-electron chi connectivity index (χ0n) is 14.0. The van der Waals surface area contributed by atoms with Gasteiger partial charge in [-0.3, -0.25) is 9.78 Å². The fraction of sp³-hybridized carbons (Fsp3) is 0.368. The molecule has 1 N–H and O–H groups in total. The van der Waals surface area contributed by atoms with Crippen LogP contribution in [0.2, 0.25) is 0 Å². The molecule has 0 spiro atoms. The second-order valence-corrected chi connectivity index (χ2v) is 6.04. The summed E-state index contributed by atoms with van der Waals surface area (Å²) in [5, 5.41) is 9.94. The van der Waals surface area contributed by atoms with Crippen molar-refractivity contribution < 1.29 is 9.90 Å². The Labute approximate surface area is 142 Å². The largest absolute Gasteiger partial charge is 0.506 e. The average Bonchev–Trinajstić information content (AvgIpc) is 2.63. The van der Waals surface area contributed by atoms with Crippen molar-refractivity contribution in [2.45, 2.75) is 19.8 Å². The quantitative estimate of drug-likeness (QED) is 0.937. The van der Waals surface area contributed by atoms with Crippen molar-refractivity contribution in [3.63, 3.8) is 0 Å². The Morgan fingerprint density at radius 1 is 1.12 bits per heavy atom. The molecule has 1 amide bonds. The summed E-state index contributed by atoms with van der Waals surface area (Å²) in [7, 11) is 0. The van der Waals surface area contributed by atoms with E-state index in [9.17, 15) is 9.90 Å². The van der Waals surface area contributed by atoms with E-state index >= 15 is 0 Å². The van der Waals surface area contributed by atoms with E-state index in [-0.39, 0.29) is 11.7 Å². The summed E-state index contributed by atoms with van der Waals surface area (Å²) in [6.07, 6.45) is 3.15. The van der Waals surface area contributed by atoms with Gasteiger partial charge in [0.15, 0.2) is 0 Å². The lowest BCUT2D eigenvalue weighted by atomic mass is 10.1. The van der Waals surface area contributed by atoms with Crippen LogP contribution in [0.15, 0.2) is 42.6 Å². The SMILES string of the molecule is CCc1ccc(CC(=O)N2CCN(c3ccccc3O)CC2)nc1. The average molecular weight is 325 g/mol. The van der Waals surface area contributed by atoms with Crippen molar-refractivity contribution in [2.24, 2.45) is 0 Å². The predicted octanol–water partition coefficient (Wildman–Crippen LogP) is 2.24. The highest BCUT2D eigenvalue weighted by molar-refractivity contribution is 5.78. The molecule has 0 bridgehead atoms. The van der Waals surface area contributed by atoms with Crippen molar-refractivity contribution in [1.29, 1.82) is 0 Å². The Hall–Kier alpha value is -2.56.